The Morgan fingerprint density at radius 2 is 1.10 bits per heavy atom. The van der Waals surface area contributed by atoms with Gasteiger partial charge in [0.1, 0.15) is 6.61 Å². The minimum Gasteiger partial charge on any atom is -0.462 e. The summed E-state index contributed by atoms with van der Waals surface area (Å²) in [7, 11) is -4.39. The van der Waals surface area contributed by atoms with Crippen molar-refractivity contribution in [3.63, 3.8) is 0 Å². The fourth-order valence-electron chi connectivity index (χ4n) is 5.05. The molecule has 0 spiro atoms. The quantitative estimate of drug-likeness (QED) is 0.0212. The lowest BCUT2D eigenvalue weighted by molar-refractivity contribution is -0.161. The number of unbranched alkanes of at least 4 members (excludes halogenated alkanes) is 16. The van der Waals surface area contributed by atoms with E-state index in [1.54, 1.807) is 0 Å². The highest BCUT2D eigenvalue weighted by molar-refractivity contribution is 7.47. The summed E-state index contributed by atoms with van der Waals surface area (Å²) >= 11 is 0. The summed E-state index contributed by atoms with van der Waals surface area (Å²) in [5.74, 6) is -0.885. The Morgan fingerprint density at radius 1 is 0.608 bits per heavy atom. The second kappa shape index (κ2) is 37.5. The molecule has 51 heavy (non-hydrogen) atoms. The molecular formula is C41H72NO8P. The van der Waals surface area contributed by atoms with E-state index in [0.717, 1.165) is 57.8 Å². The summed E-state index contributed by atoms with van der Waals surface area (Å²) in [6.07, 6.45) is 42.5. The molecule has 0 aliphatic heterocycles. The van der Waals surface area contributed by atoms with Crippen molar-refractivity contribution >= 4 is 19.8 Å². The van der Waals surface area contributed by atoms with Gasteiger partial charge in [-0.05, 0) is 57.8 Å². The Bertz CT molecular complexity index is 1020. The molecule has 0 aromatic heterocycles. The van der Waals surface area contributed by atoms with Crippen LogP contribution in [-0.2, 0) is 32.7 Å². The van der Waals surface area contributed by atoms with E-state index in [1.807, 2.05) is 36.5 Å². The van der Waals surface area contributed by atoms with Crippen LogP contribution in [0, 0.1) is 0 Å². The Hall–Kier alpha value is -2.29. The first kappa shape index (κ1) is 48.7. The topological polar surface area (TPSA) is 134 Å². The maximum atomic E-state index is 12.5. The largest absolute Gasteiger partial charge is 0.472 e. The van der Waals surface area contributed by atoms with Crippen molar-refractivity contribution < 1.29 is 37.6 Å². The molecule has 0 amide bonds. The lowest BCUT2D eigenvalue weighted by atomic mass is 10.1. The number of carbonyl (C=O) groups excluding carboxylic acids is 2. The zero-order valence-corrected chi connectivity index (χ0v) is 33.0. The second-order valence-corrected chi connectivity index (χ2v) is 14.3. The highest BCUT2D eigenvalue weighted by Gasteiger charge is 2.25. The van der Waals surface area contributed by atoms with Crippen molar-refractivity contribution in [3.05, 3.63) is 60.8 Å². The van der Waals surface area contributed by atoms with Gasteiger partial charge in [-0.25, -0.2) is 4.57 Å². The van der Waals surface area contributed by atoms with Gasteiger partial charge in [-0.15, -0.1) is 0 Å². The van der Waals surface area contributed by atoms with Gasteiger partial charge in [0.2, 0.25) is 0 Å². The third-order valence-electron chi connectivity index (χ3n) is 7.98. The Labute approximate surface area is 310 Å². The van der Waals surface area contributed by atoms with Crippen LogP contribution in [0.1, 0.15) is 155 Å². The number of hydrogen-bond acceptors (Lipinski definition) is 8. The van der Waals surface area contributed by atoms with Crippen molar-refractivity contribution in [1.29, 1.82) is 0 Å². The minimum atomic E-state index is -4.39. The first-order chi connectivity index (χ1) is 24.8. The monoisotopic (exact) mass is 737 g/mol. The van der Waals surface area contributed by atoms with Crippen molar-refractivity contribution in [1.82, 2.24) is 0 Å². The average Bonchev–Trinajstić information content (AvgIpc) is 3.11. The van der Waals surface area contributed by atoms with Crippen LogP contribution >= 0.6 is 7.82 Å². The number of ether oxygens (including phenoxy) is 2. The summed E-state index contributed by atoms with van der Waals surface area (Å²) in [4.78, 5) is 34.7. The molecule has 0 fully saturated rings. The summed E-state index contributed by atoms with van der Waals surface area (Å²) < 4.78 is 32.6. The molecule has 0 radical (unpaired) electrons. The fraction of sp³-hybridized carbons (Fsp3) is 0.707. The number of hydrogen-bond donors (Lipinski definition) is 2. The normalized spacial score (nSPS) is 14.0. The number of phosphoric ester groups is 1. The number of allylic oxidation sites excluding steroid dienone is 10. The lowest BCUT2D eigenvalue weighted by Crippen LogP contribution is -2.29. The standard InChI is InChI=1S/C41H72NO8P/c1-3-5-7-9-11-13-15-17-18-19-20-22-23-25-27-29-31-33-40(43)47-37-39(38-49-51(45,46)48-36-35-42)50-41(44)34-32-30-28-26-24-21-16-14-12-10-8-6-4-2/h6,8,10,12,14,16-18,21,24,39H,3-5,7,9,11,13,15,19-20,22-23,25-38,42H2,1-2H3,(H,45,46)/b8-6+,12-10+,16-14+,18-17+,24-21+. The summed E-state index contributed by atoms with van der Waals surface area (Å²) in [5, 5.41) is 0. The van der Waals surface area contributed by atoms with Gasteiger partial charge in [0.15, 0.2) is 6.10 Å². The van der Waals surface area contributed by atoms with Crippen molar-refractivity contribution in [2.75, 3.05) is 26.4 Å². The van der Waals surface area contributed by atoms with E-state index in [-0.39, 0.29) is 32.6 Å². The lowest BCUT2D eigenvalue weighted by Gasteiger charge is -2.19. The zero-order chi connectivity index (χ0) is 37.5. The molecule has 2 atom stereocenters. The molecule has 0 aromatic carbocycles. The van der Waals surface area contributed by atoms with Crippen LogP contribution in [0.3, 0.4) is 0 Å². The molecular weight excluding hydrogens is 665 g/mol. The van der Waals surface area contributed by atoms with Crippen LogP contribution in [-0.4, -0.2) is 49.3 Å². The average molecular weight is 738 g/mol. The molecule has 0 aliphatic carbocycles. The van der Waals surface area contributed by atoms with Gasteiger partial charge in [0.25, 0.3) is 0 Å². The molecule has 0 rings (SSSR count). The zero-order valence-electron chi connectivity index (χ0n) is 32.1. The minimum absolute atomic E-state index is 0.0434. The third-order valence-corrected chi connectivity index (χ3v) is 8.97. The first-order valence-corrected chi connectivity index (χ1v) is 21.3. The van der Waals surface area contributed by atoms with Crippen molar-refractivity contribution in [3.8, 4) is 0 Å². The van der Waals surface area contributed by atoms with E-state index < -0.39 is 32.5 Å². The summed E-state index contributed by atoms with van der Waals surface area (Å²) in [5.41, 5.74) is 5.33. The number of carbonyl (C=O) groups is 2. The van der Waals surface area contributed by atoms with E-state index >= 15 is 0 Å². The number of rotatable bonds is 36. The SMILES string of the molecule is CC/C=C/C=C/C=C/C=C/CCCCCC(=O)OC(COC(=O)CCCCCCCCC/C=C/CCCCCCCC)COP(=O)(O)OCCN. The molecule has 0 heterocycles. The van der Waals surface area contributed by atoms with E-state index in [4.69, 9.17) is 24.3 Å². The van der Waals surface area contributed by atoms with Crippen LogP contribution in [0.25, 0.3) is 0 Å². The molecule has 0 saturated carbocycles. The summed E-state index contributed by atoms with van der Waals surface area (Å²) in [6.45, 7) is 3.51. The number of esters is 2. The van der Waals surface area contributed by atoms with E-state index in [1.165, 1.54) is 64.2 Å². The molecule has 3 N–H and O–H groups in total. The van der Waals surface area contributed by atoms with Crippen LogP contribution in [0.15, 0.2) is 60.8 Å². The van der Waals surface area contributed by atoms with Gasteiger partial charge in [0, 0.05) is 19.4 Å². The van der Waals surface area contributed by atoms with Gasteiger partial charge in [-0.1, -0.05) is 145 Å². The van der Waals surface area contributed by atoms with Gasteiger partial charge in [-0.3, -0.25) is 18.6 Å². The van der Waals surface area contributed by atoms with E-state index in [9.17, 15) is 19.0 Å². The van der Waals surface area contributed by atoms with Crippen molar-refractivity contribution in [2.45, 2.75) is 161 Å². The van der Waals surface area contributed by atoms with E-state index in [0.29, 0.717) is 6.42 Å². The Kier molecular flexibility index (Phi) is 35.8. The second-order valence-electron chi connectivity index (χ2n) is 12.9. The molecule has 10 heteroatoms. The Balaban J connectivity index is 4.25. The molecule has 0 bridgehead atoms. The van der Waals surface area contributed by atoms with Crippen LogP contribution < -0.4 is 5.73 Å². The smallest absolute Gasteiger partial charge is 0.462 e. The maximum Gasteiger partial charge on any atom is 0.472 e. The van der Waals surface area contributed by atoms with Gasteiger partial charge in [-0.2, -0.15) is 0 Å². The van der Waals surface area contributed by atoms with Crippen molar-refractivity contribution in [2.24, 2.45) is 5.73 Å². The van der Waals surface area contributed by atoms with Gasteiger partial charge < -0.3 is 20.1 Å². The molecule has 0 aliphatic rings. The third kappa shape index (κ3) is 37.3. The van der Waals surface area contributed by atoms with Gasteiger partial charge >= 0.3 is 19.8 Å². The summed E-state index contributed by atoms with van der Waals surface area (Å²) in [6, 6.07) is 0. The fourth-order valence-corrected chi connectivity index (χ4v) is 5.81. The number of phosphoric acid groups is 1. The molecule has 9 nitrogen and oxygen atoms in total. The highest BCUT2D eigenvalue weighted by atomic mass is 31.2. The van der Waals surface area contributed by atoms with Crippen LogP contribution in [0.2, 0.25) is 0 Å². The predicted octanol–water partition coefficient (Wildman–Crippen LogP) is 10.9. The Morgan fingerprint density at radius 3 is 1.69 bits per heavy atom. The highest BCUT2D eigenvalue weighted by Crippen LogP contribution is 2.43. The molecule has 0 saturated heterocycles. The molecule has 0 aromatic rings. The van der Waals surface area contributed by atoms with Gasteiger partial charge in [0.05, 0.1) is 13.2 Å². The first-order valence-electron chi connectivity index (χ1n) is 19.8. The predicted molar refractivity (Wildman–Crippen MR) is 210 cm³/mol. The molecule has 294 valence electrons. The number of nitrogens with two attached hydrogens (primary N) is 1. The molecule has 2 unspecified atom stereocenters. The maximum absolute atomic E-state index is 12.5. The van der Waals surface area contributed by atoms with Crippen LogP contribution in [0.4, 0.5) is 0 Å². The van der Waals surface area contributed by atoms with Crippen LogP contribution in [0.5, 0.6) is 0 Å². The van der Waals surface area contributed by atoms with E-state index in [2.05, 4.69) is 38.2 Å².